The Hall–Kier alpha value is -0.440. The van der Waals surface area contributed by atoms with E-state index >= 15 is 0 Å². The fraction of sp³-hybridized carbons (Fsp3) is 0.571. The first-order valence-electron chi connectivity index (χ1n) is 6.27. The minimum atomic E-state index is 0. The van der Waals surface area contributed by atoms with E-state index in [1.807, 2.05) is 6.92 Å². The molecule has 1 saturated heterocycles. The third-order valence-electron chi connectivity index (χ3n) is 3.44. The maximum Gasteiger partial charge on any atom is 0.0366 e. The van der Waals surface area contributed by atoms with Crippen LogP contribution in [0.4, 0.5) is 5.69 Å². The van der Waals surface area contributed by atoms with E-state index in [9.17, 15) is 0 Å². The van der Waals surface area contributed by atoms with Crippen molar-refractivity contribution in [3.05, 3.63) is 29.8 Å². The molecule has 0 bridgehead atoms. The molecule has 18 heavy (non-hydrogen) atoms. The molecule has 1 aliphatic rings. The topological polar surface area (TPSA) is 29.3 Å². The molecule has 4 heteroatoms. The first-order chi connectivity index (χ1) is 7.66. The summed E-state index contributed by atoms with van der Waals surface area (Å²) in [5.74, 6) is 0.821. The molecule has 2 rings (SSSR count). The SMILES string of the molecule is CC1CCCN(c2ccc(C(C)N)cc2)C1.Cl.Cl. The summed E-state index contributed by atoms with van der Waals surface area (Å²) in [6, 6.07) is 8.85. The average molecular weight is 291 g/mol. The van der Waals surface area contributed by atoms with Gasteiger partial charge in [0.05, 0.1) is 0 Å². The zero-order valence-corrected chi connectivity index (χ0v) is 12.8. The van der Waals surface area contributed by atoms with Crippen molar-refractivity contribution in [3.63, 3.8) is 0 Å². The summed E-state index contributed by atoms with van der Waals surface area (Å²) in [6.07, 6.45) is 2.69. The van der Waals surface area contributed by atoms with Crippen LogP contribution >= 0.6 is 24.8 Å². The van der Waals surface area contributed by atoms with Gasteiger partial charge in [-0.25, -0.2) is 0 Å². The molecular weight excluding hydrogens is 267 g/mol. The fourth-order valence-corrected chi connectivity index (χ4v) is 2.41. The number of hydrogen-bond acceptors (Lipinski definition) is 2. The first kappa shape index (κ1) is 17.6. The van der Waals surface area contributed by atoms with Gasteiger partial charge >= 0.3 is 0 Å². The first-order valence-corrected chi connectivity index (χ1v) is 6.27. The van der Waals surface area contributed by atoms with Crippen molar-refractivity contribution >= 4 is 30.5 Å². The Bertz CT molecular complexity index is 338. The van der Waals surface area contributed by atoms with Crippen molar-refractivity contribution in [1.29, 1.82) is 0 Å². The molecule has 2 nitrogen and oxygen atoms in total. The molecule has 104 valence electrons. The van der Waals surface area contributed by atoms with Crippen LogP contribution < -0.4 is 10.6 Å². The van der Waals surface area contributed by atoms with Crippen molar-refractivity contribution in [2.45, 2.75) is 32.7 Å². The van der Waals surface area contributed by atoms with Gasteiger partial charge in [-0.2, -0.15) is 0 Å². The van der Waals surface area contributed by atoms with Crippen LogP contribution in [0.25, 0.3) is 0 Å². The highest BCUT2D eigenvalue weighted by Crippen LogP contribution is 2.24. The molecule has 0 aliphatic carbocycles. The van der Waals surface area contributed by atoms with Gasteiger partial charge in [0.1, 0.15) is 0 Å². The van der Waals surface area contributed by atoms with E-state index in [4.69, 9.17) is 5.73 Å². The number of benzene rings is 1. The molecule has 2 atom stereocenters. The molecule has 1 fully saturated rings. The van der Waals surface area contributed by atoms with Crippen LogP contribution in [0.15, 0.2) is 24.3 Å². The number of rotatable bonds is 2. The average Bonchev–Trinajstić information content (AvgIpc) is 2.29. The van der Waals surface area contributed by atoms with Crippen molar-refractivity contribution in [1.82, 2.24) is 0 Å². The molecule has 0 aromatic heterocycles. The highest BCUT2D eigenvalue weighted by Gasteiger charge is 2.16. The van der Waals surface area contributed by atoms with Crippen molar-refractivity contribution < 1.29 is 0 Å². The van der Waals surface area contributed by atoms with E-state index in [1.165, 1.54) is 37.2 Å². The van der Waals surface area contributed by atoms with Gasteiger partial charge in [-0.15, -0.1) is 24.8 Å². The Morgan fingerprint density at radius 2 is 1.83 bits per heavy atom. The summed E-state index contributed by atoms with van der Waals surface area (Å²) in [5.41, 5.74) is 8.41. The monoisotopic (exact) mass is 290 g/mol. The molecule has 0 spiro atoms. The molecule has 0 amide bonds. The third-order valence-corrected chi connectivity index (χ3v) is 3.44. The van der Waals surface area contributed by atoms with Gasteiger partial charge in [0.15, 0.2) is 0 Å². The molecular formula is C14H24Cl2N2. The number of hydrogen-bond donors (Lipinski definition) is 1. The number of nitrogens with zero attached hydrogens (tertiary/aromatic N) is 1. The Morgan fingerprint density at radius 3 is 2.33 bits per heavy atom. The normalized spacial score (nSPS) is 20.6. The number of halogens is 2. The van der Waals surface area contributed by atoms with Crippen molar-refractivity contribution in [2.24, 2.45) is 11.7 Å². The summed E-state index contributed by atoms with van der Waals surface area (Å²) < 4.78 is 0. The summed E-state index contributed by atoms with van der Waals surface area (Å²) in [7, 11) is 0. The quantitative estimate of drug-likeness (QED) is 0.898. The lowest BCUT2D eigenvalue weighted by molar-refractivity contribution is 0.447. The summed E-state index contributed by atoms with van der Waals surface area (Å²) in [5, 5.41) is 0. The number of nitrogens with two attached hydrogens (primary N) is 1. The van der Waals surface area contributed by atoms with E-state index in [1.54, 1.807) is 0 Å². The fourth-order valence-electron chi connectivity index (χ4n) is 2.41. The van der Waals surface area contributed by atoms with Crippen LogP contribution in [0, 0.1) is 5.92 Å². The lowest BCUT2D eigenvalue weighted by atomic mass is 9.99. The third kappa shape index (κ3) is 4.34. The second kappa shape index (κ2) is 7.88. The van der Waals surface area contributed by atoms with E-state index in [-0.39, 0.29) is 30.9 Å². The van der Waals surface area contributed by atoms with Crippen LogP contribution in [0.2, 0.25) is 0 Å². The summed E-state index contributed by atoms with van der Waals surface area (Å²) in [4.78, 5) is 2.49. The maximum absolute atomic E-state index is 5.85. The summed E-state index contributed by atoms with van der Waals surface area (Å²) >= 11 is 0. The second-order valence-corrected chi connectivity index (χ2v) is 5.07. The van der Waals surface area contributed by atoms with E-state index < -0.39 is 0 Å². The molecule has 2 N–H and O–H groups in total. The molecule has 1 heterocycles. The van der Waals surface area contributed by atoms with Crippen LogP contribution in [0.3, 0.4) is 0 Å². The highest BCUT2D eigenvalue weighted by molar-refractivity contribution is 5.85. The Morgan fingerprint density at radius 1 is 1.22 bits per heavy atom. The van der Waals surface area contributed by atoms with Gasteiger partial charge in [-0.1, -0.05) is 19.1 Å². The molecule has 0 saturated carbocycles. The van der Waals surface area contributed by atoms with Crippen LogP contribution in [-0.4, -0.2) is 13.1 Å². The van der Waals surface area contributed by atoms with E-state index in [0.717, 1.165) is 5.92 Å². The molecule has 1 aromatic carbocycles. The van der Waals surface area contributed by atoms with Crippen LogP contribution in [0.1, 0.15) is 38.3 Å². The van der Waals surface area contributed by atoms with Crippen LogP contribution in [0.5, 0.6) is 0 Å². The predicted molar refractivity (Wildman–Crippen MR) is 84.2 cm³/mol. The molecule has 1 aromatic rings. The number of anilines is 1. The second-order valence-electron chi connectivity index (χ2n) is 5.07. The van der Waals surface area contributed by atoms with Gasteiger partial charge in [0.2, 0.25) is 0 Å². The van der Waals surface area contributed by atoms with Gasteiger partial charge < -0.3 is 10.6 Å². The standard InChI is InChI=1S/C14H22N2.2ClH/c1-11-4-3-9-16(10-11)14-7-5-13(6-8-14)12(2)15;;/h5-8,11-12H,3-4,9-10,15H2,1-2H3;2*1H. The smallest absolute Gasteiger partial charge is 0.0366 e. The molecule has 1 aliphatic heterocycles. The lowest BCUT2D eigenvalue weighted by Crippen LogP contribution is -2.34. The zero-order valence-electron chi connectivity index (χ0n) is 11.1. The minimum absolute atomic E-state index is 0. The molecule has 2 unspecified atom stereocenters. The van der Waals surface area contributed by atoms with Crippen LogP contribution in [-0.2, 0) is 0 Å². The minimum Gasteiger partial charge on any atom is -0.371 e. The Kier molecular flexibility index (Phi) is 7.69. The summed E-state index contributed by atoms with van der Waals surface area (Å²) in [6.45, 7) is 6.75. The van der Waals surface area contributed by atoms with Gasteiger partial charge in [0.25, 0.3) is 0 Å². The van der Waals surface area contributed by atoms with E-state index in [2.05, 4.69) is 36.1 Å². The van der Waals surface area contributed by atoms with Gasteiger partial charge in [-0.05, 0) is 43.4 Å². The highest BCUT2D eigenvalue weighted by atomic mass is 35.5. The van der Waals surface area contributed by atoms with Gasteiger partial charge in [-0.3, -0.25) is 0 Å². The zero-order chi connectivity index (χ0) is 11.5. The maximum atomic E-state index is 5.85. The van der Waals surface area contributed by atoms with Crippen molar-refractivity contribution in [3.8, 4) is 0 Å². The largest absolute Gasteiger partial charge is 0.371 e. The van der Waals surface area contributed by atoms with Gasteiger partial charge in [0, 0.05) is 24.8 Å². The predicted octanol–water partition coefficient (Wildman–Crippen LogP) is 3.79. The van der Waals surface area contributed by atoms with Crippen molar-refractivity contribution in [2.75, 3.05) is 18.0 Å². The Balaban J connectivity index is 0.00000144. The Labute approximate surface area is 123 Å². The lowest BCUT2D eigenvalue weighted by Gasteiger charge is -2.33. The molecule has 0 radical (unpaired) electrons. The number of piperidine rings is 1. The van der Waals surface area contributed by atoms with E-state index in [0.29, 0.717) is 0 Å².